The fourth-order valence-corrected chi connectivity index (χ4v) is 4.29. The second kappa shape index (κ2) is 8.40. The van der Waals surface area contributed by atoms with E-state index in [1.807, 2.05) is 31.2 Å². The highest BCUT2D eigenvalue weighted by Crippen LogP contribution is 2.33. The largest absolute Gasteiger partial charge is 0.389 e. The van der Waals surface area contributed by atoms with Crippen LogP contribution in [-0.2, 0) is 6.42 Å². The van der Waals surface area contributed by atoms with Crippen molar-refractivity contribution >= 4 is 5.91 Å². The maximum atomic E-state index is 11.9. The van der Waals surface area contributed by atoms with Gasteiger partial charge in [-0.15, -0.1) is 0 Å². The summed E-state index contributed by atoms with van der Waals surface area (Å²) in [7, 11) is 0. The highest BCUT2D eigenvalue weighted by Gasteiger charge is 2.36. The monoisotopic (exact) mass is 402 g/mol. The van der Waals surface area contributed by atoms with Gasteiger partial charge in [0, 0.05) is 12.1 Å². The van der Waals surface area contributed by atoms with E-state index in [0.29, 0.717) is 18.5 Å². The zero-order valence-corrected chi connectivity index (χ0v) is 16.9. The van der Waals surface area contributed by atoms with E-state index in [1.54, 1.807) is 6.07 Å². The number of aliphatic hydroxyl groups excluding tert-OH is 2. The molecular formula is C25H26N2O3. The molecule has 3 atom stereocenters. The van der Waals surface area contributed by atoms with Crippen molar-refractivity contribution in [2.45, 2.75) is 31.6 Å². The first kappa shape index (κ1) is 20.3. The minimum atomic E-state index is -0.939. The first-order valence-corrected chi connectivity index (χ1v) is 10.1. The molecule has 30 heavy (non-hydrogen) atoms. The van der Waals surface area contributed by atoms with Crippen LogP contribution in [0.1, 0.15) is 38.7 Å². The molecule has 3 aromatic rings. The Morgan fingerprint density at radius 3 is 2.27 bits per heavy atom. The molecule has 0 bridgehead atoms. The molecule has 4 rings (SSSR count). The summed E-state index contributed by atoms with van der Waals surface area (Å²) in [6, 6.07) is 21.8. The first-order valence-electron chi connectivity index (χ1n) is 10.1. The standard InChI is InChI=1S/C25H26N2O3/c1-15-20(25(26)30)12-11-19(22(15)23-24(29)21(28)14-27-23)13-16-7-9-18(10-8-16)17-5-3-2-4-6-17/h2-12,21,23-24,27-29H,13-14H2,1H3,(H2,26,30). The highest BCUT2D eigenvalue weighted by atomic mass is 16.3. The summed E-state index contributed by atoms with van der Waals surface area (Å²) < 4.78 is 0. The van der Waals surface area contributed by atoms with Gasteiger partial charge in [0.15, 0.2) is 0 Å². The van der Waals surface area contributed by atoms with E-state index in [4.69, 9.17) is 5.73 Å². The minimum absolute atomic E-state index is 0.303. The van der Waals surface area contributed by atoms with Gasteiger partial charge < -0.3 is 21.3 Å². The van der Waals surface area contributed by atoms with Gasteiger partial charge in [0.25, 0.3) is 0 Å². The number of rotatable bonds is 5. The number of primary amides is 1. The summed E-state index contributed by atoms with van der Waals surface area (Å²) in [5.41, 5.74) is 12.0. The molecule has 1 aliphatic heterocycles. The Morgan fingerprint density at radius 1 is 1.00 bits per heavy atom. The van der Waals surface area contributed by atoms with Crippen LogP contribution in [0.4, 0.5) is 0 Å². The summed E-state index contributed by atoms with van der Waals surface area (Å²) >= 11 is 0. The molecule has 1 amide bonds. The number of hydrogen-bond donors (Lipinski definition) is 4. The van der Waals surface area contributed by atoms with Gasteiger partial charge in [-0.2, -0.15) is 0 Å². The molecule has 5 heteroatoms. The third kappa shape index (κ3) is 3.87. The van der Waals surface area contributed by atoms with Crippen molar-refractivity contribution in [1.82, 2.24) is 5.32 Å². The van der Waals surface area contributed by atoms with Crippen molar-refractivity contribution in [1.29, 1.82) is 0 Å². The van der Waals surface area contributed by atoms with Gasteiger partial charge in [0.1, 0.15) is 6.10 Å². The average Bonchev–Trinajstić information content (AvgIpc) is 3.07. The molecule has 1 aliphatic rings. The predicted octanol–water partition coefficient (Wildman–Crippen LogP) is 2.72. The zero-order valence-electron chi connectivity index (χ0n) is 16.9. The molecule has 5 nitrogen and oxygen atoms in total. The maximum Gasteiger partial charge on any atom is 0.248 e. The number of hydrogen-bond acceptors (Lipinski definition) is 4. The molecule has 3 unspecified atom stereocenters. The van der Waals surface area contributed by atoms with Gasteiger partial charge in [-0.1, -0.05) is 60.7 Å². The lowest BCUT2D eigenvalue weighted by Crippen LogP contribution is -2.28. The molecule has 0 aromatic heterocycles. The number of carbonyl (C=O) groups is 1. The van der Waals surface area contributed by atoms with Crippen LogP contribution in [0.5, 0.6) is 0 Å². The topological polar surface area (TPSA) is 95.6 Å². The van der Waals surface area contributed by atoms with Crippen LogP contribution in [0.15, 0.2) is 66.7 Å². The Morgan fingerprint density at radius 2 is 1.67 bits per heavy atom. The quantitative estimate of drug-likeness (QED) is 0.528. The second-order valence-electron chi connectivity index (χ2n) is 7.86. The fourth-order valence-electron chi connectivity index (χ4n) is 4.29. The third-order valence-corrected chi connectivity index (χ3v) is 5.92. The summed E-state index contributed by atoms with van der Waals surface area (Å²) in [4.78, 5) is 11.9. The molecule has 0 saturated carbocycles. The number of benzene rings is 3. The number of aliphatic hydroxyl groups is 2. The van der Waals surface area contributed by atoms with Crippen molar-refractivity contribution in [3.05, 3.63) is 94.5 Å². The van der Waals surface area contributed by atoms with E-state index in [1.165, 1.54) is 5.56 Å². The van der Waals surface area contributed by atoms with Crippen LogP contribution in [0.3, 0.4) is 0 Å². The van der Waals surface area contributed by atoms with E-state index in [-0.39, 0.29) is 0 Å². The van der Waals surface area contributed by atoms with Crippen LogP contribution in [0.25, 0.3) is 11.1 Å². The highest BCUT2D eigenvalue weighted by molar-refractivity contribution is 5.94. The summed E-state index contributed by atoms with van der Waals surface area (Å²) in [5.74, 6) is -0.499. The minimum Gasteiger partial charge on any atom is -0.389 e. The Kier molecular flexibility index (Phi) is 5.68. The van der Waals surface area contributed by atoms with E-state index >= 15 is 0 Å². The maximum absolute atomic E-state index is 11.9. The number of β-amino-alcohol motifs (C(OH)–C–C–N with tert-alkyl or cyclic N) is 1. The molecular weight excluding hydrogens is 376 g/mol. The Labute approximate surface area is 176 Å². The molecule has 0 spiro atoms. The van der Waals surface area contributed by atoms with Crippen LogP contribution >= 0.6 is 0 Å². The van der Waals surface area contributed by atoms with E-state index in [2.05, 4.69) is 41.7 Å². The summed E-state index contributed by atoms with van der Waals surface area (Å²) in [5, 5.41) is 23.7. The molecule has 1 fully saturated rings. The molecule has 1 heterocycles. The van der Waals surface area contributed by atoms with Crippen molar-refractivity contribution < 1.29 is 15.0 Å². The van der Waals surface area contributed by atoms with Gasteiger partial charge in [0.2, 0.25) is 5.91 Å². The lowest BCUT2D eigenvalue weighted by molar-refractivity contribution is 0.0402. The lowest BCUT2D eigenvalue weighted by Gasteiger charge is -2.24. The second-order valence-corrected chi connectivity index (χ2v) is 7.86. The number of carbonyl (C=O) groups excluding carboxylic acids is 1. The third-order valence-electron chi connectivity index (χ3n) is 5.92. The molecule has 1 saturated heterocycles. The molecule has 0 aliphatic carbocycles. The van der Waals surface area contributed by atoms with Crippen molar-refractivity contribution in [3.8, 4) is 11.1 Å². The molecule has 5 N–H and O–H groups in total. The van der Waals surface area contributed by atoms with E-state index < -0.39 is 24.2 Å². The van der Waals surface area contributed by atoms with E-state index in [9.17, 15) is 15.0 Å². The Hall–Kier alpha value is -2.99. The lowest BCUT2D eigenvalue weighted by atomic mass is 9.86. The van der Waals surface area contributed by atoms with Gasteiger partial charge in [0.05, 0.1) is 12.1 Å². The molecule has 0 radical (unpaired) electrons. The van der Waals surface area contributed by atoms with Gasteiger partial charge in [-0.05, 0) is 52.8 Å². The summed E-state index contributed by atoms with van der Waals surface area (Å²) in [6.07, 6.45) is -1.14. The average molecular weight is 402 g/mol. The van der Waals surface area contributed by atoms with Gasteiger partial charge in [-0.25, -0.2) is 0 Å². The van der Waals surface area contributed by atoms with Crippen LogP contribution < -0.4 is 11.1 Å². The van der Waals surface area contributed by atoms with E-state index in [0.717, 1.165) is 27.8 Å². The van der Waals surface area contributed by atoms with Crippen molar-refractivity contribution in [3.63, 3.8) is 0 Å². The van der Waals surface area contributed by atoms with Crippen LogP contribution in [0, 0.1) is 6.92 Å². The Balaban J connectivity index is 1.68. The summed E-state index contributed by atoms with van der Waals surface area (Å²) in [6.45, 7) is 2.15. The normalized spacial score (nSPS) is 21.0. The number of nitrogens with two attached hydrogens (primary N) is 1. The van der Waals surface area contributed by atoms with Crippen molar-refractivity contribution in [2.24, 2.45) is 5.73 Å². The van der Waals surface area contributed by atoms with Gasteiger partial charge >= 0.3 is 0 Å². The smallest absolute Gasteiger partial charge is 0.248 e. The fraction of sp³-hybridized carbons (Fsp3) is 0.240. The predicted molar refractivity (Wildman–Crippen MR) is 117 cm³/mol. The van der Waals surface area contributed by atoms with Crippen LogP contribution in [0.2, 0.25) is 0 Å². The van der Waals surface area contributed by atoms with Crippen LogP contribution in [-0.4, -0.2) is 34.9 Å². The molecule has 154 valence electrons. The number of amides is 1. The zero-order chi connectivity index (χ0) is 21.3. The van der Waals surface area contributed by atoms with Gasteiger partial charge in [-0.3, -0.25) is 4.79 Å². The van der Waals surface area contributed by atoms with Crippen molar-refractivity contribution in [2.75, 3.05) is 6.54 Å². The Bertz CT molecular complexity index is 1050. The molecule has 3 aromatic carbocycles. The first-order chi connectivity index (χ1) is 14.5. The number of nitrogens with one attached hydrogen (secondary N) is 1. The SMILES string of the molecule is Cc1c(C(N)=O)ccc(Cc2ccc(-c3ccccc3)cc2)c1C1NCC(O)C1O.